The summed E-state index contributed by atoms with van der Waals surface area (Å²) in [6.07, 6.45) is 8.61. The van der Waals surface area contributed by atoms with Crippen molar-refractivity contribution in [2.24, 2.45) is 16.3 Å². The Hall–Kier alpha value is -3.02. The van der Waals surface area contributed by atoms with Crippen molar-refractivity contribution < 1.29 is 14.3 Å². The van der Waals surface area contributed by atoms with Crippen molar-refractivity contribution in [2.45, 2.75) is 66.0 Å². The summed E-state index contributed by atoms with van der Waals surface area (Å²) in [5.41, 5.74) is 2.47. The fraction of sp³-hybridized carbons (Fsp3) is 0.500. The molecule has 0 amide bonds. The van der Waals surface area contributed by atoms with Crippen molar-refractivity contribution in [3.63, 3.8) is 0 Å². The van der Waals surface area contributed by atoms with Gasteiger partial charge in [0.2, 0.25) is 5.96 Å². The van der Waals surface area contributed by atoms with E-state index >= 15 is 0 Å². The van der Waals surface area contributed by atoms with Gasteiger partial charge in [0.15, 0.2) is 0 Å². The molecule has 1 saturated carbocycles. The molecule has 3 rings (SSSR count). The second-order valence-corrected chi connectivity index (χ2v) is 10.4. The monoisotopic (exact) mass is 465 g/mol. The maximum Gasteiger partial charge on any atom is 0.337 e. The number of nitrogens with one attached hydrogen (secondary N) is 1. The molecular weight excluding hydrogens is 426 g/mol. The summed E-state index contributed by atoms with van der Waals surface area (Å²) in [5, 5.41) is 3.51. The lowest BCUT2D eigenvalue weighted by Gasteiger charge is -2.43. The van der Waals surface area contributed by atoms with Gasteiger partial charge in [-0.05, 0) is 80.9 Å². The molecule has 1 aliphatic heterocycles. The maximum atomic E-state index is 12.2. The summed E-state index contributed by atoms with van der Waals surface area (Å²) < 4.78 is 10.7. The van der Waals surface area contributed by atoms with Crippen LogP contribution in [0.1, 0.15) is 53.9 Å². The highest BCUT2D eigenvalue weighted by Crippen LogP contribution is 2.41. The van der Waals surface area contributed by atoms with Crippen LogP contribution in [0.4, 0.5) is 5.69 Å². The summed E-state index contributed by atoms with van der Waals surface area (Å²) in [5.74, 6) is 1.89. The molecule has 1 aliphatic carbocycles. The van der Waals surface area contributed by atoms with Crippen LogP contribution >= 0.6 is 0 Å². The van der Waals surface area contributed by atoms with E-state index in [0.29, 0.717) is 24.1 Å². The number of methoxy groups -OCH3 is 1. The molecule has 0 saturated heterocycles. The molecule has 1 aromatic carbocycles. The Morgan fingerprint density at radius 1 is 1.26 bits per heavy atom. The summed E-state index contributed by atoms with van der Waals surface area (Å²) in [4.78, 5) is 19.5. The number of carbonyl (C=O) groups excluding carboxylic acids is 1. The van der Waals surface area contributed by atoms with Gasteiger partial charge in [0.25, 0.3) is 0 Å². The maximum absolute atomic E-state index is 12.2. The number of guanidine groups is 1. The zero-order chi connectivity index (χ0) is 24.9. The topological polar surface area (TPSA) is 63.2 Å². The summed E-state index contributed by atoms with van der Waals surface area (Å²) in [7, 11) is 1.38. The SMILES string of the molecule is C=C/C=C(\C=C1/CN(C2C[C@H](C)CC(C)(C)C2)C(Nc2ccc(OC(C)C)cc2)=N1)C(=O)OC. The van der Waals surface area contributed by atoms with E-state index in [-0.39, 0.29) is 11.5 Å². The number of anilines is 1. The second-order valence-electron chi connectivity index (χ2n) is 10.4. The first kappa shape index (κ1) is 25.6. The molecule has 0 spiro atoms. The number of allylic oxidation sites excluding steroid dienone is 2. The van der Waals surface area contributed by atoms with E-state index in [0.717, 1.165) is 35.9 Å². The third-order valence-electron chi connectivity index (χ3n) is 6.18. The quantitative estimate of drug-likeness (QED) is 0.307. The molecule has 6 heteroatoms. The van der Waals surface area contributed by atoms with Crippen molar-refractivity contribution >= 4 is 17.6 Å². The lowest BCUT2D eigenvalue weighted by Crippen LogP contribution is -2.46. The minimum Gasteiger partial charge on any atom is -0.491 e. The van der Waals surface area contributed by atoms with E-state index in [1.807, 2.05) is 38.1 Å². The smallest absolute Gasteiger partial charge is 0.337 e. The van der Waals surface area contributed by atoms with Crippen LogP contribution in [-0.2, 0) is 9.53 Å². The van der Waals surface area contributed by atoms with Gasteiger partial charge in [0.05, 0.1) is 31.0 Å². The number of ether oxygens (including phenoxy) is 2. The first-order chi connectivity index (χ1) is 16.1. The Labute approximate surface area is 204 Å². The molecule has 0 aromatic heterocycles. The fourth-order valence-corrected chi connectivity index (χ4v) is 5.12. The molecule has 0 bridgehead atoms. The van der Waals surface area contributed by atoms with Crippen LogP contribution in [0.25, 0.3) is 0 Å². The summed E-state index contributed by atoms with van der Waals surface area (Å²) in [6.45, 7) is 15.4. The van der Waals surface area contributed by atoms with Crippen LogP contribution in [0.2, 0.25) is 0 Å². The van der Waals surface area contributed by atoms with Gasteiger partial charge in [-0.2, -0.15) is 0 Å². The van der Waals surface area contributed by atoms with Gasteiger partial charge in [-0.25, -0.2) is 9.79 Å². The molecule has 2 atom stereocenters. The molecule has 34 heavy (non-hydrogen) atoms. The summed E-state index contributed by atoms with van der Waals surface area (Å²) in [6, 6.07) is 8.31. The number of benzene rings is 1. The number of rotatable bonds is 7. The summed E-state index contributed by atoms with van der Waals surface area (Å²) >= 11 is 0. The van der Waals surface area contributed by atoms with E-state index < -0.39 is 5.97 Å². The second kappa shape index (κ2) is 10.9. The first-order valence-electron chi connectivity index (χ1n) is 12.1. The van der Waals surface area contributed by atoms with E-state index in [1.165, 1.54) is 13.5 Å². The minimum atomic E-state index is -0.399. The van der Waals surface area contributed by atoms with Gasteiger partial charge in [-0.3, -0.25) is 0 Å². The Bertz CT molecular complexity index is 973. The van der Waals surface area contributed by atoms with Crippen LogP contribution in [0.3, 0.4) is 0 Å². The number of aliphatic imine (C=N–C) groups is 1. The van der Waals surface area contributed by atoms with Crippen LogP contribution < -0.4 is 10.1 Å². The van der Waals surface area contributed by atoms with Gasteiger partial charge in [-0.1, -0.05) is 33.4 Å². The molecule has 1 heterocycles. The van der Waals surface area contributed by atoms with Gasteiger partial charge >= 0.3 is 5.97 Å². The van der Waals surface area contributed by atoms with Crippen molar-refractivity contribution in [3.05, 3.63) is 60.3 Å². The first-order valence-corrected chi connectivity index (χ1v) is 12.1. The molecule has 1 aromatic rings. The zero-order valence-corrected chi connectivity index (χ0v) is 21.4. The zero-order valence-electron chi connectivity index (χ0n) is 21.4. The van der Waals surface area contributed by atoms with E-state index in [2.05, 4.69) is 37.6 Å². The standard InChI is InChI=1S/C28H39N3O3/c1-8-9-21(26(32)33-7)15-23-18-31(24-14-20(4)16-28(5,6)17-24)27(30-23)29-22-10-12-25(13-11-22)34-19(2)3/h8-13,15,19-20,24H,1,14,16-18H2,2-7H3,(H,29,30)/b21-9+,23-15+/t20-,24?/m0/s1. The van der Waals surface area contributed by atoms with Crippen molar-refractivity contribution in [1.29, 1.82) is 0 Å². The molecule has 1 fully saturated rings. The van der Waals surface area contributed by atoms with Crippen molar-refractivity contribution in [3.8, 4) is 5.75 Å². The number of nitrogens with zero attached hydrogens (tertiary/aromatic N) is 2. The molecule has 2 aliphatic rings. The van der Waals surface area contributed by atoms with Crippen LogP contribution in [-0.4, -0.2) is 42.6 Å². The average molecular weight is 466 g/mol. The average Bonchev–Trinajstić information content (AvgIpc) is 3.14. The van der Waals surface area contributed by atoms with E-state index in [4.69, 9.17) is 14.5 Å². The number of esters is 1. The van der Waals surface area contributed by atoms with E-state index in [1.54, 1.807) is 18.2 Å². The Kier molecular flexibility index (Phi) is 8.24. The predicted octanol–water partition coefficient (Wildman–Crippen LogP) is 5.94. The van der Waals surface area contributed by atoms with Crippen molar-refractivity contribution in [1.82, 2.24) is 4.90 Å². The lowest BCUT2D eigenvalue weighted by atomic mass is 9.70. The Morgan fingerprint density at radius 2 is 1.97 bits per heavy atom. The molecule has 184 valence electrons. The molecular formula is C28H39N3O3. The number of hydrogen-bond donors (Lipinski definition) is 1. The third kappa shape index (κ3) is 6.75. The van der Waals surface area contributed by atoms with Gasteiger partial charge in [-0.15, -0.1) is 0 Å². The van der Waals surface area contributed by atoms with Gasteiger partial charge in [0, 0.05) is 11.7 Å². The number of hydrogen-bond acceptors (Lipinski definition) is 6. The van der Waals surface area contributed by atoms with Crippen molar-refractivity contribution in [2.75, 3.05) is 19.0 Å². The Balaban J connectivity index is 1.90. The lowest BCUT2D eigenvalue weighted by molar-refractivity contribution is -0.135. The Morgan fingerprint density at radius 3 is 2.56 bits per heavy atom. The van der Waals surface area contributed by atoms with Crippen LogP contribution in [0, 0.1) is 11.3 Å². The highest BCUT2D eigenvalue weighted by atomic mass is 16.5. The van der Waals surface area contributed by atoms with Crippen LogP contribution in [0.15, 0.2) is 65.3 Å². The van der Waals surface area contributed by atoms with Crippen LogP contribution in [0.5, 0.6) is 5.75 Å². The van der Waals surface area contributed by atoms with E-state index in [9.17, 15) is 4.79 Å². The fourth-order valence-electron chi connectivity index (χ4n) is 5.12. The van der Waals surface area contributed by atoms with Gasteiger partial charge < -0.3 is 19.7 Å². The number of carbonyl (C=O) groups is 1. The predicted molar refractivity (Wildman–Crippen MR) is 139 cm³/mol. The highest BCUT2D eigenvalue weighted by molar-refractivity contribution is 5.97. The minimum absolute atomic E-state index is 0.130. The molecule has 6 nitrogen and oxygen atoms in total. The molecule has 1 unspecified atom stereocenters. The largest absolute Gasteiger partial charge is 0.491 e. The molecule has 1 N–H and O–H groups in total. The third-order valence-corrected chi connectivity index (χ3v) is 6.18. The molecule has 0 radical (unpaired) electrons. The normalized spacial score (nSPS) is 23.6. The van der Waals surface area contributed by atoms with Gasteiger partial charge in [0.1, 0.15) is 5.75 Å². The highest BCUT2D eigenvalue weighted by Gasteiger charge is 2.38.